The molecule has 1 aromatic carbocycles. The van der Waals surface area contributed by atoms with Crippen molar-refractivity contribution in [1.82, 2.24) is 10.2 Å². The first-order chi connectivity index (χ1) is 9.30. The highest BCUT2D eigenvalue weighted by atomic mass is 15.2. The minimum absolute atomic E-state index is 0.311. The van der Waals surface area contributed by atoms with Gasteiger partial charge >= 0.3 is 0 Å². The van der Waals surface area contributed by atoms with E-state index in [-0.39, 0.29) is 5.54 Å². The Hall–Kier alpha value is -1.37. The number of benzene rings is 1. The summed E-state index contributed by atoms with van der Waals surface area (Å²) < 4.78 is 0. The Kier molecular flexibility index (Phi) is 3.54. The Bertz CT molecular complexity index is 461. The zero-order chi connectivity index (χ0) is 13.1. The summed E-state index contributed by atoms with van der Waals surface area (Å²) in [6, 6.07) is 13.7. The highest BCUT2D eigenvalue weighted by molar-refractivity contribution is 5.17. The van der Waals surface area contributed by atoms with Crippen LogP contribution < -0.4 is 5.32 Å². The van der Waals surface area contributed by atoms with E-state index in [1.54, 1.807) is 0 Å². The van der Waals surface area contributed by atoms with Crippen LogP contribution in [0.25, 0.3) is 0 Å². The van der Waals surface area contributed by atoms with Crippen LogP contribution in [0.4, 0.5) is 0 Å². The van der Waals surface area contributed by atoms with Gasteiger partial charge in [-0.2, -0.15) is 5.26 Å². The van der Waals surface area contributed by atoms with E-state index in [1.165, 1.54) is 18.4 Å². The maximum atomic E-state index is 9.56. The molecule has 0 aromatic heterocycles. The quantitative estimate of drug-likeness (QED) is 0.897. The highest BCUT2D eigenvalue weighted by Gasteiger charge is 2.39. The van der Waals surface area contributed by atoms with Gasteiger partial charge in [-0.3, -0.25) is 10.2 Å². The van der Waals surface area contributed by atoms with E-state index in [2.05, 4.69) is 40.6 Å². The van der Waals surface area contributed by atoms with Crippen LogP contribution in [-0.4, -0.2) is 29.6 Å². The molecule has 19 heavy (non-hydrogen) atoms. The minimum Gasteiger partial charge on any atom is -0.296 e. The van der Waals surface area contributed by atoms with E-state index in [0.717, 1.165) is 32.5 Å². The first kappa shape index (κ1) is 12.7. The summed E-state index contributed by atoms with van der Waals surface area (Å²) in [6.45, 7) is 2.91. The number of rotatable bonds is 4. The first-order valence-electron chi connectivity index (χ1n) is 7.25. The van der Waals surface area contributed by atoms with Crippen molar-refractivity contribution in [2.24, 2.45) is 0 Å². The van der Waals surface area contributed by atoms with E-state index in [4.69, 9.17) is 0 Å². The van der Waals surface area contributed by atoms with Gasteiger partial charge in [-0.15, -0.1) is 0 Å². The molecule has 2 fully saturated rings. The third-order valence-electron chi connectivity index (χ3n) is 4.09. The van der Waals surface area contributed by atoms with Crippen LogP contribution in [0, 0.1) is 11.3 Å². The Morgan fingerprint density at radius 1 is 1.32 bits per heavy atom. The number of nitriles is 1. The predicted octanol–water partition coefficient (Wildman–Crippen LogP) is 2.30. The third-order valence-corrected chi connectivity index (χ3v) is 4.09. The standard InChI is InChI=1S/C16H21N3/c17-12-16(18-15-7-8-15)9-4-10-19(13-16)11-14-5-2-1-3-6-14/h1-3,5-6,15,18H,4,7-11,13H2. The fourth-order valence-corrected chi connectivity index (χ4v) is 2.98. The molecular formula is C16H21N3. The number of hydrogen-bond acceptors (Lipinski definition) is 3. The lowest BCUT2D eigenvalue weighted by Crippen LogP contribution is -2.56. The molecule has 1 atom stereocenters. The van der Waals surface area contributed by atoms with Gasteiger partial charge in [-0.05, 0) is 37.8 Å². The van der Waals surface area contributed by atoms with E-state index in [0.29, 0.717) is 6.04 Å². The third kappa shape index (κ3) is 3.15. The highest BCUT2D eigenvalue weighted by Crippen LogP contribution is 2.28. The van der Waals surface area contributed by atoms with Crippen LogP contribution in [-0.2, 0) is 6.54 Å². The number of likely N-dealkylation sites (tertiary alicyclic amines) is 1. The Balaban J connectivity index is 1.65. The summed E-state index contributed by atoms with van der Waals surface area (Å²) >= 11 is 0. The van der Waals surface area contributed by atoms with Gasteiger partial charge in [0.25, 0.3) is 0 Å². The smallest absolute Gasteiger partial charge is 0.119 e. The lowest BCUT2D eigenvalue weighted by atomic mass is 9.90. The molecule has 3 rings (SSSR count). The molecule has 0 radical (unpaired) electrons. The molecule has 1 saturated heterocycles. The molecule has 0 spiro atoms. The molecule has 1 heterocycles. The van der Waals surface area contributed by atoms with Crippen molar-refractivity contribution in [3.05, 3.63) is 35.9 Å². The SMILES string of the molecule is N#CC1(NC2CC2)CCCN(Cc2ccccc2)C1. The number of nitrogens with one attached hydrogen (secondary N) is 1. The summed E-state index contributed by atoms with van der Waals surface area (Å²) in [6.07, 6.45) is 4.58. The van der Waals surface area contributed by atoms with Gasteiger partial charge in [0.05, 0.1) is 6.07 Å². The molecule has 100 valence electrons. The van der Waals surface area contributed by atoms with Crippen molar-refractivity contribution < 1.29 is 0 Å². The lowest BCUT2D eigenvalue weighted by Gasteiger charge is -2.39. The molecule has 1 aliphatic heterocycles. The minimum atomic E-state index is -0.311. The molecule has 1 unspecified atom stereocenters. The fraction of sp³-hybridized carbons (Fsp3) is 0.562. The zero-order valence-corrected chi connectivity index (χ0v) is 11.3. The molecule has 1 aliphatic carbocycles. The molecule has 0 amide bonds. The van der Waals surface area contributed by atoms with Crippen LogP contribution >= 0.6 is 0 Å². The predicted molar refractivity (Wildman–Crippen MR) is 75.5 cm³/mol. The molecular weight excluding hydrogens is 234 g/mol. The first-order valence-corrected chi connectivity index (χ1v) is 7.25. The molecule has 2 aliphatic rings. The summed E-state index contributed by atoms with van der Waals surface area (Å²) in [5.74, 6) is 0. The average molecular weight is 255 g/mol. The van der Waals surface area contributed by atoms with Crippen LogP contribution in [0.1, 0.15) is 31.2 Å². The number of piperidine rings is 1. The lowest BCUT2D eigenvalue weighted by molar-refractivity contribution is 0.147. The molecule has 3 heteroatoms. The number of hydrogen-bond donors (Lipinski definition) is 1. The summed E-state index contributed by atoms with van der Waals surface area (Å²) in [5.41, 5.74) is 1.02. The molecule has 1 saturated carbocycles. The molecule has 0 bridgehead atoms. The maximum absolute atomic E-state index is 9.56. The topological polar surface area (TPSA) is 39.1 Å². The van der Waals surface area contributed by atoms with E-state index in [9.17, 15) is 5.26 Å². The average Bonchev–Trinajstić information content (AvgIpc) is 3.24. The monoisotopic (exact) mass is 255 g/mol. The van der Waals surface area contributed by atoms with E-state index >= 15 is 0 Å². The maximum Gasteiger partial charge on any atom is 0.119 e. The van der Waals surface area contributed by atoms with Crippen LogP contribution in [0.15, 0.2) is 30.3 Å². The zero-order valence-electron chi connectivity index (χ0n) is 11.3. The summed E-state index contributed by atoms with van der Waals surface area (Å²) in [7, 11) is 0. The largest absolute Gasteiger partial charge is 0.296 e. The molecule has 1 aromatic rings. The van der Waals surface area contributed by atoms with Gasteiger partial charge in [0, 0.05) is 19.1 Å². The van der Waals surface area contributed by atoms with Gasteiger partial charge in [-0.25, -0.2) is 0 Å². The Morgan fingerprint density at radius 2 is 2.11 bits per heavy atom. The van der Waals surface area contributed by atoms with Crippen molar-refractivity contribution in [3.8, 4) is 6.07 Å². The second-order valence-electron chi connectivity index (χ2n) is 5.91. The van der Waals surface area contributed by atoms with Crippen molar-refractivity contribution >= 4 is 0 Å². The normalized spacial score (nSPS) is 27.9. The second-order valence-corrected chi connectivity index (χ2v) is 5.91. The van der Waals surface area contributed by atoms with Crippen LogP contribution in [0.5, 0.6) is 0 Å². The van der Waals surface area contributed by atoms with Crippen molar-refractivity contribution in [2.45, 2.75) is 43.8 Å². The van der Waals surface area contributed by atoms with E-state index < -0.39 is 0 Å². The Labute approximate surface area is 115 Å². The van der Waals surface area contributed by atoms with Gasteiger partial charge in [0.15, 0.2) is 0 Å². The van der Waals surface area contributed by atoms with Crippen LogP contribution in [0.2, 0.25) is 0 Å². The van der Waals surface area contributed by atoms with Crippen molar-refractivity contribution in [3.63, 3.8) is 0 Å². The second kappa shape index (κ2) is 5.32. The Morgan fingerprint density at radius 3 is 2.79 bits per heavy atom. The van der Waals surface area contributed by atoms with Gasteiger partial charge in [-0.1, -0.05) is 30.3 Å². The van der Waals surface area contributed by atoms with Crippen LogP contribution in [0.3, 0.4) is 0 Å². The van der Waals surface area contributed by atoms with Gasteiger partial charge in [0.2, 0.25) is 0 Å². The molecule has 3 nitrogen and oxygen atoms in total. The van der Waals surface area contributed by atoms with Gasteiger partial charge < -0.3 is 0 Å². The fourth-order valence-electron chi connectivity index (χ4n) is 2.98. The summed E-state index contributed by atoms with van der Waals surface area (Å²) in [5, 5.41) is 13.1. The summed E-state index contributed by atoms with van der Waals surface area (Å²) in [4.78, 5) is 2.41. The van der Waals surface area contributed by atoms with Gasteiger partial charge in [0.1, 0.15) is 5.54 Å². The van der Waals surface area contributed by atoms with E-state index in [1.807, 2.05) is 6.07 Å². The van der Waals surface area contributed by atoms with Crippen molar-refractivity contribution in [1.29, 1.82) is 5.26 Å². The van der Waals surface area contributed by atoms with Crippen molar-refractivity contribution in [2.75, 3.05) is 13.1 Å². The molecule has 1 N–H and O–H groups in total. The number of nitrogens with zero attached hydrogens (tertiary/aromatic N) is 2.